The van der Waals surface area contributed by atoms with Crippen LogP contribution >= 0.6 is 35.6 Å². The summed E-state index contributed by atoms with van der Waals surface area (Å²) in [6.07, 6.45) is 2.06. The predicted octanol–water partition coefficient (Wildman–Crippen LogP) is 2.78. The number of halogens is 3. The summed E-state index contributed by atoms with van der Waals surface area (Å²) in [6.45, 7) is 2.00. The summed E-state index contributed by atoms with van der Waals surface area (Å²) < 4.78 is 0. The summed E-state index contributed by atoms with van der Waals surface area (Å²) in [7, 11) is 0. The van der Waals surface area contributed by atoms with Gasteiger partial charge in [0.05, 0.1) is 17.3 Å². The van der Waals surface area contributed by atoms with Gasteiger partial charge in [0, 0.05) is 17.6 Å². The maximum Gasteiger partial charge on any atom is 0.238 e. The molecule has 1 atom stereocenters. The first-order valence-corrected chi connectivity index (χ1v) is 7.03. The molecule has 1 aliphatic rings. The van der Waals surface area contributed by atoms with E-state index >= 15 is 0 Å². The third kappa shape index (κ3) is 5.11. The van der Waals surface area contributed by atoms with Gasteiger partial charge in [-0.05, 0) is 37.6 Å². The predicted molar refractivity (Wildman–Crippen MR) is 86.0 cm³/mol. The van der Waals surface area contributed by atoms with E-state index in [2.05, 4.69) is 10.2 Å². The number of nitrogens with two attached hydrogens (primary N) is 1. The van der Waals surface area contributed by atoms with E-state index in [1.165, 1.54) is 0 Å². The highest BCUT2D eigenvalue weighted by molar-refractivity contribution is 6.35. The molecule has 3 N–H and O–H groups in total. The van der Waals surface area contributed by atoms with Crippen LogP contribution < -0.4 is 11.1 Å². The molecule has 1 aliphatic heterocycles. The molecule has 7 heteroatoms. The van der Waals surface area contributed by atoms with Crippen molar-refractivity contribution in [3.63, 3.8) is 0 Å². The van der Waals surface area contributed by atoms with E-state index in [4.69, 9.17) is 28.9 Å². The third-order valence-corrected chi connectivity index (χ3v) is 3.68. The second kappa shape index (κ2) is 8.05. The summed E-state index contributed by atoms with van der Waals surface area (Å²) in [5, 5.41) is 3.80. The molecule has 4 nitrogen and oxygen atoms in total. The first-order chi connectivity index (χ1) is 9.04. The lowest BCUT2D eigenvalue weighted by atomic mass is 10.1. The first-order valence-electron chi connectivity index (χ1n) is 6.27. The Balaban J connectivity index is 0.00000200. The highest BCUT2D eigenvalue weighted by Crippen LogP contribution is 2.25. The molecule has 1 aromatic rings. The van der Waals surface area contributed by atoms with Crippen molar-refractivity contribution in [3.8, 4) is 0 Å². The minimum absolute atomic E-state index is 0. The van der Waals surface area contributed by atoms with Gasteiger partial charge in [0.2, 0.25) is 5.91 Å². The molecule has 112 valence electrons. The van der Waals surface area contributed by atoms with Crippen LogP contribution in [0.4, 0.5) is 5.69 Å². The number of piperidine rings is 1. The molecule has 20 heavy (non-hydrogen) atoms. The van der Waals surface area contributed by atoms with Gasteiger partial charge in [-0.2, -0.15) is 0 Å². The number of anilines is 1. The van der Waals surface area contributed by atoms with Crippen LogP contribution in [-0.2, 0) is 4.79 Å². The fraction of sp³-hybridized carbons (Fsp3) is 0.462. The molecule has 2 rings (SSSR count). The van der Waals surface area contributed by atoms with Crippen molar-refractivity contribution in [2.75, 3.05) is 25.0 Å². The third-order valence-electron chi connectivity index (χ3n) is 3.11. The molecule has 1 heterocycles. The molecule has 0 spiro atoms. The topological polar surface area (TPSA) is 58.4 Å². The number of nitrogens with one attached hydrogen (secondary N) is 1. The van der Waals surface area contributed by atoms with Crippen LogP contribution in [0.5, 0.6) is 0 Å². The standard InChI is InChI=1S/C13H17Cl2N3O.ClH/c14-9-3-4-11(15)12(6-9)17-13(19)8-18-5-1-2-10(16)7-18;/h3-4,6,10H,1-2,5,7-8,16H2,(H,17,19);1H/t10-;/m1./s1. The smallest absolute Gasteiger partial charge is 0.238 e. The molecular weight excluding hydrogens is 321 g/mol. The highest BCUT2D eigenvalue weighted by Gasteiger charge is 2.19. The zero-order valence-corrected chi connectivity index (χ0v) is 13.3. The van der Waals surface area contributed by atoms with Crippen molar-refractivity contribution in [3.05, 3.63) is 28.2 Å². The average molecular weight is 339 g/mol. The molecule has 0 aliphatic carbocycles. The van der Waals surface area contributed by atoms with Crippen LogP contribution in [0.1, 0.15) is 12.8 Å². The van der Waals surface area contributed by atoms with Crippen molar-refractivity contribution >= 4 is 47.2 Å². The molecular formula is C13H18Cl3N3O. The molecule has 1 amide bonds. The lowest BCUT2D eigenvalue weighted by Crippen LogP contribution is -2.45. The number of amides is 1. The first kappa shape index (κ1) is 17.5. The highest BCUT2D eigenvalue weighted by atomic mass is 35.5. The molecule has 0 aromatic heterocycles. The Labute approximate surface area is 135 Å². The molecule has 1 aromatic carbocycles. The summed E-state index contributed by atoms with van der Waals surface area (Å²) in [6, 6.07) is 5.15. The van der Waals surface area contributed by atoms with E-state index in [1.807, 2.05) is 0 Å². The van der Waals surface area contributed by atoms with Gasteiger partial charge in [-0.25, -0.2) is 0 Å². The largest absolute Gasteiger partial charge is 0.327 e. The van der Waals surface area contributed by atoms with Crippen molar-refractivity contribution in [2.24, 2.45) is 5.73 Å². The number of likely N-dealkylation sites (tertiary alicyclic amines) is 1. The van der Waals surface area contributed by atoms with Gasteiger partial charge < -0.3 is 11.1 Å². The van der Waals surface area contributed by atoms with Crippen LogP contribution in [0, 0.1) is 0 Å². The monoisotopic (exact) mass is 337 g/mol. The minimum atomic E-state index is -0.0988. The molecule has 0 radical (unpaired) electrons. The normalized spacial score (nSPS) is 19.2. The number of hydrogen-bond donors (Lipinski definition) is 2. The Kier molecular flexibility index (Phi) is 7.06. The van der Waals surface area contributed by atoms with Crippen LogP contribution in [0.25, 0.3) is 0 Å². The number of hydrogen-bond acceptors (Lipinski definition) is 3. The van der Waals surface area contributed by atoms with Crippen LogP contribution in [0.15, 0.2) is 18.2 Å². The lowest BCUT2D eigenvalue weighted by molar-refractivity contribution is -0.117. The van der Waals surface area contributed by atoms with Gasteiger partial charge in [0.1, 0.15) is 0 Å². The quantitative estimate of drug-likeness (QED) is 0.891. The summed E-state index contributed by atoms with van der Waals surface area (Å²) >= 11 is 11.9. The van der Waals surface area contributed by atoms with Gasteiger partial charge in [-0.1, -0.05) is 23.2 Å². The zero-order chi connectivity index (χ0) is 13.8. The van der Waals surface area contributed by atoms with E-state index in [-0.39, 0.29) is 24.4 Å². The Hall–Kier alpha value is -0.520. The van der Waals surface area contributed by atoms with E-state index in [9.17, 15) is 4.79 Å². The van der Waals surface area contributed by atoms with Gasteiger partial charge >= 0.3 is 0 Å². The zero-order valence-electron chi connectivity index (χ0n) is 10.9. The fourth-order valence-corrected chi connectivity index (χ4v) is 2.56. The van der Waals surface area contributed by atoms with E-state index < -0.39 is 0 Å². The number of nitrogens with zero attached hydrogens (tertiary/aromatic N) is 1. The number of rotatable bonds is 3. The van der Waals surface area contributed by atoms with Gasteiger partial charge in [0.25, 0.3) is 0 Å². The van der Waals surface area contributed by atoms with E-state index in [0.717, 1.165) is 25.9 Å². The number of carbonyl (C=O) groups excluding carboxylic acids is 1. The fourth-order valence-electron chi connectivity index (χ4n) is 2.22. The Morgan fingerprint density at radius 3 is 2.90 bits per heavy atom. The van der Waals surface area contributed by atoms with Crippen molar-refractivity contribution in [1.29, 1.82) is 0 Å². The second-order valence-corrected chi connectivity index (χ2v) is 5.65. The van der Waals surface area contributed by atoms with Gasteiger partial charge in [-0.3, -0.25) is 9.69 Å². The average Bonchev–Trinajstić information content (AvgIpc) is 2.34. The summed E-state index contributed by atoms with van der Waals surface area (Å²) in [5.74, 6) is -0.0988. The van der Waals surface area contributed by atoms with Gasteiger partial charge in [-0.15, -0.1) is 12.4 Å². The molecule has 0 unspecified atom stereocenters. The number of carbonyl (C=O) groups is 1. The molecule has 0 bridgehead atoms. The molecule has 1 fully saturated rings. The Morgan fingerprint density at radius 1 is 1.45 bits per heavy atom. The summed E-state index contributed by atoms with van der Waals surface area (Å²) in [5.41, 5.74) is 6.43. The molecule has 1 saturated heterocycles. The molecule has 0 saturated carbocycles. The van der Waals surface area contributed by atoms with Crippen molar-refractivity contribution in [1.82, 2.24) is 4.90 Å². The van der Waals surface area contributed by atoms with Crippen LogP contribution in [0.3, 0.4) is 0 Å². The number of benzene rings is 1. The van der Waals surface area contributed by atoms with Crippen LogP contribution in [0.2, 0.25) is 10.0 Å². The SMILES string of the molecule is Cl.N[C@@H]1CCCN(CC(=O)Nc2cc(Cl)ccc2Cl)C1. The van der Waals surface area contributed by atoms with E-state index in [1.54, 1.807) is 18.2 Å². The minimum Gasteiger partial charge on any atom is -0.327 e. The maximum atomic E-state index is 12.0. The maximum absolute atomic E-state index is 12.0. The van der Waals surface area contributed by atoms with Crippen molar-refractivity contribution in [2.45, 2.75) is 18.9 Å². The van der Waals surface area contributed by atoms with Gasteiger partial charge in [0.15, 0.2) is 0 Å². The lowest BCUT2D eigenvalue weighted by Gasteiger charge is -2.29. The second-order valence-electron chi connectivity index (χ2n) is 4.81. The van der Waals surface area contributed by atoms with Crippen LogP contribution in [-0.4, -0.2) is 36.5 Å². The Morgan fingerprint density at radius 2 is 2.20 bits per heavy atom. The Bertz CT molecular complexity index is 470. The van der Waals surface area contributed by atoms with Crippen molar-refractivity contribution < 1.29 is 4.79 Å². The summed E-state index contributed by atoms with van der Waals surface area (Å²) in [4.78, 5) is 14.0. The van der Waals surface area contributed by atoms with E-state index in [0.29, 0.717) is 22.3 Å².